The van der Waals surface area contributed by atoms with E-state index in [4.69, 9.17) is 5.73 Å². The van der Waals surface area contributed by atoms with Gasteiger partial charge in [0.15, 0.2) is 0 Å². The normalized spacial score (nSPS) is 10.8. The van der Waals surface area contributed by atoms with Gasteiger partial charge in [-0.1, -0.05) is 66.7 Å². The minimum atomic E-state index is -0.179. The molecule has 5 heteroatoms. The maximum absolute atomic E-state index is 13.7. The number of anilines is 1. The van der Waals surface area contributed by atoms with Crippen LogP contribution in [0.2, 0.25) is 0 Å². The van der Waals surface area contributed by atoms with Crippen molar-refractivity contribution < 1.29 is 5.10 Å². The molecule has 5 rings (SSSR count). The van der Waals surface area contributed by atoms with Gasteiger partial charge in [0.1, 0.15) is 5.69 Å². The Labute approximate surface area is 179 Å². The van der Waals surface area contributed by atoms with Crippen LogP contribution >= 0.6 is 0 Å². The third-order valence-corrected chi connectivity index (χ3v) is 5.23. The molecule has 0 amide bonds. The van der Waals surface area contributed by atoms with Gasteiger partial charge in [0, 0.05) is 11.3 Å². The summed E-state index contributed by atoms with van der Waals surface area (Å²) in [5, 5.41) is 3.34. The van der Waals surface area contributed by atoms with E-state index in [2.05, 4.69) is 5.10 Å². The van der Waals surface area contributed by atoms with Crippen molar-refractivity contribution in [1.82, 2.24) is 9.25 Å². The lowest BCUT2D eigenvalue weighted by molar-refractivity contribution is -0.465. The first kappa shape index (κ1) is 18.6. The molecule has 4 aromatic carbocycles. The topological polar surface area (TPSA) is 67.1 Å². The second-order valence-corrected chi connectivity index (χ2v) is 7.26. The van der Waals surface area contributed by atoms with Gasteiger partial charge in [-0.3, -0.25) is 0 Å². The lowest BCUT2D eigenvalue weighted by Gasteiger charge is -2.08. The van der Waals surface area contributed by atoms with Crippen LogP contribution in [0.1, 0.15) is 0 Å². The molecular formula is C26H21N4O+. The van der Waals surface area contributed by atoms with Gasteiger partial charge < -0.3 is 5.73 Å². The first-order valence-corrected chi connectivity index (χ1v) is 10.1. The number of para-hydroxylation sites is 2. The van der Waals surface area contributed by atoms with Crippen molar-refractivity contribution >= 4 is 5.69 Å². The maximum atomic E-state index is 13.7. The van der Waals surface area contributed by atoms with Gasteiger partial charge in [-0.15, -0.1) is 9.25 Å². The average Bonchev–Trinajstić information content (AvgIpc) is 3.17. The summed E-state index contributed by atoms with van der Waals surface area (Å²) in [4.78, 5) is 13.7. The molecule has 0 atom stereocenters. The fraction of sp³-hybridized carbons (Fsp3) is 0. The van der Waals surface area contributed by atoms with E-state index in [0.29, 0.717) is 11.5 Å². The largest absolute Gasteiger partial charge is 0.456 e. The number of rotatable bonds is 4. The molecule has 0 aliphatic heterocycles. The molecule has 1 heterocycles. The quantitative estimate of drug-likeness (QED) is 0.452. The Morgan fingerprint density at radius 3 is 2.06 bits per heavy atom. The van der Waals surface area contributed by atoms with E-state index in [0.717, 1.165) is 28.1 Å². The maximum Gasteiger partial charge on any atom is 0.456 e. The number of nitrogens with two attached hydrogens (primary N) is 1. The Hall–Kier alpha value is -4.38. The lowest BCUT2D eigenvalue weighted by Crippen LogP contribution is -2.28. The fourth-order valence-electron chi connectivity index (χ4n) is 3.79. The van der Waals surface area contributed by atoms with Crippen molar-refractivity contribution in [2.45, 2.75) is 0 Å². The molecule has 0 radical (unpaired) electrons. The third kappa shape index (κ3) is 3.42. The van der Waals surface area contributed by atoms with Crippen LogP contribution < -0.4 is 16.5 Å². The molecule has 0 fully saturated rings. The van der Waals surface area contributed by atoms with Crippen LogP contribution in [0.4, 0.5) is 5.69 Å². The van der Waals surface area contributed by atoms with Gasteiger partial charge in [-0.2, -0.15) is 5.10 Å². The van der Waals surface area contributed by atoms with Gasteiger partial charge in [0.05, 0.1) is 11.3 Å². The van der Waals surface area contributed by atoms with E-state index >= 15 is 0 Å². The van der Waals surface area contributed by atoms with Crippen LogP contribution in [0.15, 0.2) is 114 Å². The Morgan fingerprint density at radius 2 is 1.32 bits per heavy atom. The molecule has 0 saturated heterocycles. The number of benzene rings is 4. The van der Waals surface area contributed by atoms with Gasteiger partial charge in [0.2, 0.25) is 0 Å². The summed E-state index contributed by atoms with van der Waals surface area (Å²) in [5.41, 5.74) is 10.8. The van der Waals surface area contributed by atoms with Gasteiger partial charge in [-0.05, 0) is 48.0 Å². The molecule has 1 aromatic heterocycles. The zero-order chi connectivity index (χ0) is 21.2. The summed E-state index contributed by atoms with van der Waals surface area (Å²) < 4.78 is 3.29. The van der Waals surface area contributed by atoms with E-state index in [1.54, 1.807) is 9.25 Å². The van der Waals surface area contributed by atoms with Gasteiger partial charge in [0.25, 0.3) is 0 Å². The number of nitrogens with zero attached hydrogens (tertiary/aromatic N) is 2. The predicted molar refractivity (Wildman–Crippen MR) is 123 cm³/mol. The van der Waals surface area contributed by atoms with Crippen molar-refractivity contribution in [2.75, 3.05) is 5.73 Å². The van der Waals surface area contributed by atoms with Crippen LogP contribution in [0, 0.1) is 0 Å². The fourth-order valence-corrected chi connectivity index (χ4v) is 3.79. The molecule has 5 nitrogen and oxygen atoms in total. The van der Waals surface area contributed by atoms with Crippen molar-refractivity contribution in [1.29, 1.82) is 0 Å². The molecule has 150 valence electrons. The molecule has 31 heavy (non-hydrogen) atoms. The van der Waals surface area contributed by atoms with E-state index in [1.165, 1.54) is 0 Å². The summed E-state index contributed by atoms with van der Waals surface area (Å²) in [6.07, 6.45) is 0. The molecule has 0 aliphatic carbocycles. The van der Waals surface area contributed by atoms with Crippen molar-refractivity contribution in [3.63, 3.8) is 0 Å². The minimum absolute atomic E-state index is 0.179. The molecule has 0 saturated carbocycles. The van der Waals surface area contributed by atoms with Crippen LogP contribution in [0.3, 0.4) is 0 Å². The lowest BCUT2D eigenvalue weighted by atomic mass is 10.0. The zero-order valence-corrected chi connectivity index (χ0v) is 16.8. The summed E-state index contributed by atoms with van der Waals surface area (Å²) in [7, 11) is 0. The number of aromatic nitrogens is 3. The standard InChI is InChI=1S/C26H20N4O/c27-21-13-9-12-20(18-21)23-16-7-8-17-24(23)30-26(31)29(22-14-5-2-6-15-22)25(28-30)19-10-3-1-4-11-19/h1-18H,27H2/p+1. The zero-order valence-electron chi connectivity index (χ0n) is 16.8. The number of nitrogens with one attached hydrogen (secondary N) is 1. The first-order chi connectivity index (χ1) is 15.2. The van der Waals surface area contributed by atoms with E-state index in [1.807, 2.05) is 109 Å². The number of nitrogen functional groups attached to an aromatic ring is 1. The summed E-state index contributed by atoms with van der Waals surface area (Å²) in [5.74, 6) is 0.708. The second-order valence-electron chi connectivity index (χ2n) is 7.26. The second kappa shape index (κ2) is 7.80. The third-order valence-electron chi connectivity index (χ3n) is 5.23. The number of hydrogen-bond donors (Lipinski definition) is 1. The summed E-state index contributed by atoms with van der Waals surface area (Å²) in [6.45, 7) is 0. The van der Waals surface area contributed by atoms with Crippen molar-refractivity contribution in [3.8, 4) is 33.9 Å². The highest BCUT2D eigenvalue weighted by Gasteiger charge is 2.26. The average molecular weight is 405 g/mol. The monoisotopic (exact) mass is 405 g/mol. The molecule has 0 bridgehead atoms. The smallest absolute Gasteiger partial charge is 0.399 e. The minimum Gasteiger partial charge on any atom is -0.399 e. The van der Waals surface area contributed by atoms with Crippen molar-refractivity contribution in [2.24, 2.45) is 0 Å². The highest BCUT2D eigenvalue weighted by molar-refractivity contribution is 5.75. The highest BCUT2D eigenvalue weighted by Crippen LogP contribution is 2.27. The molecular weight excluding hydrogens is 384 g/mol. The summed E-state index contributed by atoms with van der Waals surface area (Å²) >= 11 is 0. The predicted octanol–water partition coefficient (Wildman–Crippen LogP) is 4.36. The van der Waals surface area contributed by atoms with Crippen molar-refractivity contribution in [3.05, 3.63) is 120 Å². The molecule has 0 spiro atoms. The summed E-state index contributed by atoms with van der Waals surface area (Å²) in [6, 6.07) is 35.0. The first-order valence-electron chi connectivity index (χ1n) is 10.1. The highest BCUT2D eigenvalue weighted by atomic mass is 16.2. The Morgan fingerprint density at radius 1 is 0.677 bits per heavy atom. The van der Waals surface area contributed by atoms with Gasteiger partial charge >= 0.3 is 11.5 Å². The van der Waals surface area contributed by atoms with Crippen LogP contribution in [-0.2, 0) is 0 Å². The van der Waals surface area contributed by atoms with E-state index in [-0.39, 0.29) is 5.69 Å². The Bertz CT molecular complexity index is 1400. The number of H-pyrrole nitrogens is 1. The Kier molecular flexibility index (Phi) is 4.69. The van der Waals surface area contributed by atoms with Crippen LogP contribution in [0.5, 0.6) is 0 Å². The molecule has 0 unspecified atom stereocenters. The van der Waals surface area contributed by atoms with E-state index < -0.39 is 0 Å². The molecule has 3 N–H and O–H groups in total. The van der Waals surface area contributed by atoms with Crippen LogP contribution in [0.25, 0.3) is 33.9 Å². The number of aromatic amines is 1. The van der Waals surface area contributed by atoms with Crippen LogP contribution in [-0.4, -0.2) is 9.25 Å². The SMILES string of the molecule is Nc1cccc(-c2ccccc2-n2[nH+]c(-c3ccccc3)n(-c3ccccc3)c2=O)c1. The van der Waals surface area contributed by atoms with E-state index in [9.17, 15) is 4.79 Å². The molecule has 5 aromatic rings. The Balaban J connectivity index is 1.78. The molecule has 0 aliphatic rings. The number of hydrogen-bond acceptors (Lipinski definition) is 2. The van der Waals surface area contributed by atoms with Gasteiger partial charge in [-0.25, -0.2) is 4.79 Å².